The minimum Gasteiger partial charge on any atom is -0.398 e. The lowest BCUT2D eigenvalue weighted by atomic mass is 10.0. The zero-order valence-corrected chi connectivity index (χ0v) is 8.55. The molecular formula is C9H7BrN2O. The summed E-state index contributed by atoms with van der Waals surface area (Å²) in [5.74, 6) is -0.157. The molecule has 13 heavy (non-hydrogen) atoms. The Morgan fingerprint density at radius 2 is 2.23 bits per heavy atom. The van der Waals surface area contributed by atoms with Gasteiger partial charge in [-0.3, -0.25) is 4.79 Å². The highest BCUT2D eigenvalue weighted by molar-refractivity contribution is 9.10. The summed E-state index contributed by atoms with van der Waals surface area (Å²) in [5.41, 5.74) is 6.74. The van der Waals surface area contributed by atoms with Crippen LogP contribution in [-0.2, 0) is 0 Å². The molecule has 2 N–H and O–H groups in total. The van der Waals surface area contributed by atoms with E-state index in [1.165, 1.54) is 13.0 Å². The van der Waals surface area contributed by atoms with Crippen LogP contribution in [-0.4, -0.2) is 5.78 Å². The van der Waals surface area contributed by atoms with E-state index in [1.807, 2.05) is 6.07 Å². The second-order valence-corrected chi connectivity index (χ2v) is 3.44. The Kier molecular flexibility index (Phi) is 2.69. The summed E-state index contributed by atoms with van der Waals surface area (Å²) in [7, 11) is 0. The Morgan fingerprint density at radius 1 is 1.62 bits per heavy atom. The third-order valence-electron chi connectivity index (χ3n) is 1.64. The molecule has 0 aliphatic heterocycles. The van der Waals surface area contributed by atoms with Gasteiger partial charge in [0, 0.05) is 15.7 Å². The van der Waals surface area contributed by atoms with Gasteiger partial charge in [0.1, 0.15) is 0 Å². The van der Waals surface area contributed by atoms with Gasteiger partial charge in [0.25, 0.3) is 0 Å². The number of halogens is 1. The Hall–Kier alpha value is -1.34. The minimum absolute atomic E-state index is 0.157. The summed E-state index contributed by atoms with van der Waals surface area (Å²) in [5, 5.41) is 8.72. The van der Waals surface area contributed by atoms with Crippen molar-refractivity contribution in [1.82, 2.24) is 0 Å². The maximum atomic E-state index is 11.1. The lowest BCUT2D eigenvalue weighted by Gasteiger charge is -2.03. The molecule has 4 heteroatoms. The molecule has 0 bridgehead atoms. The van der Waals surface area contributed by atoms with Crippen LogP contribution in [0.2, 0.25) is 0 Å². The number of nitrogens with two attached hydrogens (primary N) is 1. The fourth-order valence-electron chi connectivity index (χ4n) is 0.974. The smallest absolute Gasteiger partial charge is 0.161 e. The highest BCUT2D eigenvalue weighted by Gasteiger charge is 2.09. The van der Waals surface area contributed by atoms with Crippen LogP contribution in [0, 0.1) is 11.3 Å². The highest BCUT2D eigenvalue weighted by atomic mass is 79.9. The van der Waals surface area contributed by atoms with Crippen molar-refractivity contribution in [2.24, 2.45) is 0 Å². The van der Waals surface area contributed by atoms with Crippen LogP contribution < -0.4 is 5.73 Å². The van der Waals surface area contributed by atoms with E-state index in [9.17, 15) is 4.79 Å². The summed E-state index contributed by atoms with van der Waals surface area (Å²) in [6.45, 7) is 1.41. The molecular weight excluding hydrogens is 232 g/mol. The summed E-state index contributed by atoms with van der Waals surface area (Å²) < 4.78 is 0.633. The molecule has 0 heterocycles. The van der Waals surface area contributed by atoms with Gasteiger partial charge < -0.3 is 5.73 Å². The fourth-order valence-corrected chi connectivity index (χ4v) is 1.32. The number of ketones is 1. The highest BCUT2D eigenvalue weighted by Crippen LogP contribution is 2.23. The van der Waals surface area contributed by atoms with Crippen molar-refractivity contribution in [2.75, 3.05) is 5.73 Å². The lowest BCUT2D eigenvalue weighted by Crippen LogP contribution is -1.99. The van der Waals surface area contributed by atoms with E-state index in [0.717, 1.165) is 0 Å². The van der Waals surface area contributed by atoms with Crippen molar-refractivity contribution in [3.8, 4) is 6.07 Å². The first kappa shape index (κ1) is 9.75. The van der Waals surface area contributed by atoms with Gasteiger partial charge in [-0.25, -0.2) is 0 Å². The Labute approximate surface area is 84.3 Å². The predicted molar refractivity (Wildman–Crippen MR) is 53.3 cm³/mol. The molecule has 0 aromatic heterocycles. The van der Waals surface area contributed by atoms with E-state index >= 15 is 0 Å². The molecule has 1 aromatic carbocycles. The lowest BCUT2D eigenvalue weighted by molar-refractivity contribution is 0.101. The fraction of sp³-hybridized carbons (Fsp3) is 0.111. The van der Waals surface area contributed by atoms with Gasteiger partial charge in [0.15, 0.2) is 5.78 Å². The SMILES string of the molecule is CC(=O)c1cc(N)c(Br)cc1C#N. The molecule has 0 spiro atoms. The van der Waals surface area contributed by atoms with Gasteiger partial charge in [0.2, 0.25) is 0 Å². The Bertz CT molecular complexity index is 407. The number of carbonyl (C=O) groups is 1. The number of nitrogens with zero attached hydrogens (tertiary/aromatic N) is 1. The van der Waals surface area contributed by atoms with Crippen LogP contribution in [0.15, 0.2) is 16.6 Å². The molecule has 0 aliphatic rings. The Balaban J connectivity index is 3.44. The number of Topliss-reactive ketones (excluding diaryl/α,β-unsaturated/α-hetero) is 1. The number of nitrogen functional groups attached to an aromatic ring is 1. The number of rotatable bonds is 1. The molecule has 0 saturated carbocycles. The van der Waals surface area contributed by atoms with Crippen LogP contribution in [0.1, 0.15) is 22.8 Å². The molecule has 1 aromatic rings. The van der Waals surface area contributed by atoms with E-state index < -0.39 is 0 Å². The van der Waals surface area contributed by atoms with Gasteiger partial charge in [-0.05, 0) is 35.0 Å². The third-order valence-corrected chi connectivity index (χ3v) is 2.32. The molecule has 0 aliphatic carbocycles. The first-order valence-electron chi connectivity index (χ1n) is 3.56. The maximum absolute atomic E-state index is 11.1. The molecule has 0 fully saturated rings. The van der Waals surface area contributed by atoms with Gasteiger partial charge in [0.05, 0.1) is 11.6 Å². The quantitative estimate of drug-likeness (QED) is 0.602. The van der Waals surface area contributed by atoms with E-state index in [2.05, 4.69) is 15.9 Å². The van der Waals surface area contributed by atoms with Crippen LogP contribution in [0.3, 0.4) is 0 Å². The van der Waals surface area contributed by atoms with Gasteiger partial charge in [-0.15, -0.1) is 0 Å². The maximum Gasteiger partial charge on any atom is 0.161 e. The number of hydrogen-bond donors (Lipinski definition) is 1. The second-order valence-electron chi connectivity index (χ2n) is 2.59. The average molecular weight is 239 g/mol. The number of anilines is 1. The summed E-state index contributed by atoms with van der Waals surface area (Å²) in [6, 6.07) is 4.99. The second kappa shape index (κ2) is 3.58. The van der Waals surface area contributed by atoms with Crippen molar-refractivity contribution in [3.63, 3.8) is 0 Å². The standard InChI is InChI=1S/C9H7BrN2O/c1-5(13)7-3-9(12)8(10)2-6(7)4-11/h2-3H,12H2,1H3. The average Bonchev–Trinajstić information content (AvgIpc) is 2.08. The van der Waals surface area contributed by atoms with E-state index in [4.69, 9.17) is 11.0 Å². The minimum atomic E-state index is -0.157. The molecule has 0 atom stereocenters. The van der Waals surface area contributed by atoms with Crippen LogP contribution in [0.4, 0.5) is 5.69 Å². The molecule has 66 valence electrons. The number of benzene rings is 1. The summed E-state index contributed by atoms with van der Waals surface area (Å²) in [6.07, 6.45) is 0. The van der Waals surface area contributed by atoms with Crippen LogP contribution >= 0.6 is 15.9 Å². The molecule has 0 amide bonds. The molecule has 0 radical (unpaired) electrons. The largest absolute Gasteiger partial charge is 0.398 e. The third kappa shape index (κ3) is 1.87. The van der Waals surface area contributed by atoms with E-state index in [0.29, 0.717) is 21.3 Å². The van der Waals surface area contributed by atoms with Gasteiger partial charge in [-0.1, -0.05) is 0 Å². The first-order chi connectivity index (χ1) is 6.06. The van der Waals surface area contributed by atoms with Crippen LogP contribution in [0.25, 0.3) is 0 Å². The van der Waals surface area contributed by atoms with Crippen molar-refractivity contribution in [3.05, 3.63) is 27.7 Å². The van der Waals surface area contributed by atoms with Crippen molar-refractivity contribution in [1.29, 1.82) is 5.26 Å². The Morgan fingerprint density at radius 3 is 2.69 bits per heavy atom. The molecule has 1 rings (SSSR count). The number of nitriles is 1. The van der Waals surface area contributed by atoms with E-state index in [-0.39, 0.29) is 5.78 Å². The van der Waals surface area contributed by atoms with Crippen LogP contribution in [0.5, 0.6) is 0 Å². The first-order valence-corrected chi connectivity index (χ1v) is 4.35. The summed E-state index contributed by atoms with van der Waals surface area (Å²) in [4.78, 5) is 11.1. The monoisotopic (exact) mass is 238 g/mol. The van der Waals surface area contributed by atoms with Crippen molar-refractivity contribution in [2.45, 2.75) is 6.92 Å². The molecule has 0 unspecified atom stereocenters. The topological polar surface area (TPSA) is 66.9 Å². The molecule has 0 saturated heterocycles. The predicted octanol–water partition coefficient (Wildman–Crippen LogP) is 2.11. The zero-order chi connectivity index (χ0) is 10.0. The normalized spacial score (nSPS) is 9.31. The van der Waals surface area contributed by atoms with Gasteiger partial charge >= 0.3 is 0 Å². The van der Waals surface area contributed by atoms with Crippen molar-refractivity contribution < 1.29 is 4.79 Å². The molecule has 3 nitrogen and oxygen atoms in total. The number of carbonyl (C=O) groups excluding carboxylic acids is 1. The number of hydrogen-bond acceptors (Lipinski definition) is 3. The van der Waals surface area contributed by atoms with Crippen molar-refractivity contribution >= 4 is 27.4 Å². The summed E-state index contributed by atoms with van der Waals surface area (Å²) >= 11 is 3.18. The zero-order valence-electron chi connectivity index (χ0n) is 6.97. The van der Waals surface area contributed by atoms with Gasteiger partial charge in [-0.2, -0.15) is 5.26 Å². The van der Waals surface area contributed by atoms with E-state index in [1.54, 1.807) is 6.07 Å².